The van der Waals surface area contributed by atoms with Crippen molar-refractivity contribution < 1.29 is 23.9 Å². The number of ether oxygens (including phenoxy) is 2. The van der Waals surface area contributed by atoms with E-state index in [9.17, 15) is 14.4 Å². The maximum absolute atomic E-state index is 12.4. The average Bonchev–Trinajstić information content (AvgIpc) is 2.66. The molecule has 0 saturated carbocycles. The summed E-state index contributed by atoms with van der Waals surface area (Å²) >= 11 is 5.95. The predicted molar refractivity (Wildman–Crippen MR) is 110 cm³/mol. The zero-order valence-electron chi connectivity index (χ0n) is 16.5. The second-order valence-electron chi connectivity index (χ2n) is 7.49. The largest absolute Gasteiger partial charge is 0.496 e. The summed E-state index contributed by atoms with van der Waals surface area (Å²) in [6, 6.07) is 9.72. The number of rotatable bonds is 6. The number of fused-ring (bicyclic) bond motifs is 1. The molecule has 7 heteroatoms. The van der Waals surface area contributed by atoms with Crippen LogP contribution >= 0.6 is 11.6 Å². The molecule has 0 saturated heterocycles. The molecule has 1 amide bonds. The number of hydrogen-bond donors (Lipinski definition) is 1. The van der Waals surface area contributed by atoms with E-state index in [-0.39, 0.29) is 36.7 Å². The molecule has 2 aromatic carbocycles. The number of nitrogens with one attached hydrogen (secondary N) is 1. The van der Waals surface area contributed by atoms with Gasteiger partial charge in [0.15, 0.2) is 11.6 Å². The number of carbonyl (C=O) groups is 3. The van der Waals surface area contributed by atoms with Crippen molar-refractivity contribution >= 4 is 34.8 Å². The first-order valence-electron chi connectivity index (χ1n) is 9.21. The van der Waals surface area contributed by atoms with Gasteiger partial charge in [-0.15, -0.1) is 0 Å². The summed E-state index contributed by atoms with van der Waals surface area (Å²) in [5.74, 6) is 0.318. The van der Waals surface area contributed by atoms with Gasteiger partial charge in [0.05, 0.1) is 24.7 Å². The van der Waals surface area contributed by atoms with E-state index >= 15 is 0 Å². The normalized spacial score (nSPS) is 14.6. The van der Waals surface area contributed by atoms with Gasteiger partial charge in [-0.05, 0) is 50.2 Å². The van der Waals surface area contributed by atoms with Crippen molar-refractivity contribution in [3.63, 3.8) is 0 Å². The van der Waals surface area contributed by atoms with Crippen molar-refractivity contribution in [3.8, 4) is 11.5 Å². The monoisotopic (exact) mass is 415 g/mol. The zero-order valence-corrected chi connectivity index (χ0v) is 17.3. The molecule has 0 aliphatic carbocycles. The topological polar surface area (TPSA) is 81.7 Å². The summed E-state index contributed by atoms with van der Waals surface area (Å²) in [4.78, 5) is 37.1. The number of methoxy groups -OCH3 is 1. The van der Waals surface area contributed by atoms with Crippen LogP contribution in [0, 0.1) is 0 Å². The number of Topliss-reactive ketones (excluding diaryl/α,β-unsaturated/α-hetero) is 2. The van der Waals surface area contributed by atoms with Crippen LogP contribution in [0.2, 0.25) is 5.02 Å². The van der Waals surface area contributed by atoms with Gasteiger partial charge in [0, 0.05) is 23.6 Å². The van der Waals surface area contributed by atoms with Crippen LogP contribution in [0.3, 0.4) is 0 Å². The third-order valence-corrected chi connectivity index (χ3v) is 4.81. The van der Waals surface area contributed by atoms with E-state index in [0.29, 0.717) is 33.3 Å². The summed E-state index contributed by atoms with van der Waals surface area (Å²) in [5.41, 5.74) is 0.725. The molecule has 6 nitrogen and oxygen atoms in total. The SMILES string of the molecule is COc1ccc(Cl)cc1C(=O)CCC(=O)Nc1ccc2c(c1)C(=O)CC(C)(C)O2. The fraction of sp³-hybridized carbons (Fsp3) is 0.318. The molecule has 152 valence electrons. The van der Waals surface area contributed by atoms with Crippen molar-refractivity contribution in [2.45, 2.75) is 38.7 Å². The molecule has 0 aromatic heterocycles. The van der Waals surface area contributed by atoms with Gasteiger partial charge >= 0.3 is 0 Å². The van der Waals surface area contributed by atoms with Gasteiger partial charge in [-0.1, -0.05) is 11.6 Å². The Morgan fingerprint density at radius 3 is 2.66 bits per heavy atom. The van der Waals surface area contributed by atoms with Crippen LogP contribution in [0.1, 0.15) is 53.8 Å². The molecule has 0 bridgehead atoms. The van der Waals surface area contributed by atoms with Crippen molar-refractivity contribution in [3.05, 3.63) is 52.5 Å². The lowest BCUT2D eigenvalue weighted by Crippen LogP contribution is -2.35. The second-order valence-corrected chi connectivity index (χ2v) is 7.93. The van der Waals surface area contributed by atoms with Crippen LogP contribution < -0.4 is 14.8 Å². The summed E-state index contributed by atoms with van der Waals surface area (Å²) in [7, 11) is 1.47. The highest BCUT2D eigenvalue weighted by Crippen LogP contribution is 2.34. The highest BCUT2D eigenvalue weighted by Gasteiger charge is 2.32. The highest BCUT2D eigenvalue weighted by atomic mass is 35.5. The Morgan fingerprint density at radius 2 is 1.93 bits per heavy atom. The smallest absolute Gasteiger partial charge is 0.224 e. The number of halogens is 1. The molecule has 0 spiro atoms. The van der Waals surface area contributed by atoms with Crippen LogP contribution in [0.25, 0.3) is 0 Å². The van der Waals surface area contributed by atoms with Crippen LogP contribution in [-0.4, -0.2) is 30.2 Å². The van der Waals surface area contributed by atoms with Crippen LogP contribution in [0.15, 0.2) is 36.4 Å². The third-order valence-electron chi connectivity index (χ3n) is 4.58. The summed E-state index contributed by atoms with van der Waals surface area (Å²) in [6.45, 7) is 3.71. The van der Waals surface area contributed by atoms with E-state index in [2.05, 4.69) is 5.32 Å². The molecular weight excluding hydrogens is 394 g/mol. The quantitative estimate of drug-likeness (QED) is 0.692. The molecule has 1 aliphatic heterocycles. The maximum atomic E-state index is 12.4. The van der Waals surface area contributed by atoms with E-state index < -0.39 is 5.60 Å². The number of hydrogen-bond acceptors (Lipinski definition) is 5. The number of amides is 1. The van der Waals surface area contributed by atoms with Gasteiger partial charge in [-0.25, -0.2) is 0 Å². The molecule has 29 heavy (non-hydrogen) atoms. The first-order chi connectivity index (χ1) is 13.7. The van der Waals surface area contributed by atoms with Gasteiger partial charge in [0.25, 0.3) is 0 Å². The molecule has 2 aromatic rings. The molecule has 0 radical (unpaired) electrons. The van der Waals surface area contributed by atoms with Crippen LogP contribution in [0.5, 0.6) is 11.5 Å². The molecule has 0 fully saturated rings. The van der Waals surface area contributed by atoms with Crippen LogP contribution in [-0.2, 0) is 4.79 Å². The number of carbonyl (C=O) groups excluding carboxylic acids is 3. The number of ketones is 2. The first kappa shape index (κ1) is 20.9. The maximum Gasteiger partial charge on any atom is 0.224 e. The molecule has 3 rings (SSSR count). The second kappa shape index (κ2) is 8.25. The van der Waals surface area contributed by atoms with Gasteiger partial charge < -0.3 is 14.8 Å². The lowest BCUT2D eigenvalue weighted by molar-refractivity contribution is -0.116. The fourth-order valence-electron chi connectivity index (χ4n) is 3.21. The van der Waals surface area contributed by atoms with Gasteiger partial charge in [0.2, 0.25) is 5.91 Å². The molecule has 1 N–H and O–H groups in total. The minimum atomic E-state index is -0.545. The van der Waals surface area contributed by atoms with Crippen molar-refractivity contribution in [1.29, 1.82) is 0 Å². The van der Waals surface area contributed by atoms with Crippen LogP contribution in [0.4, 0.5) is 5.69 Å². The van der Waals surface area contributed by atoms with E-state index in [1.807, 2.05) is 13.8 Å². The Balaban J connectivity index is 1.63. The van der Waals surface area contributed by atoms with E-state index in [1.165, 1.54) is 13.2 Å². The standard InChI is InChI=1S/C22H22ClNO5/c1-22(2)12-18(26)16-11-14(5-8-20(16)29-22)24-21(27)9-6-17(25)15-10-13(23)4-7-19(15)28-3/h4-5,7-8,10-11H,6,9,12H2,1-3H3,(H,24,27). The third kappa shape index (κ3) is 4.95. The minimum Gasteiger partial charge on any atom is -0.496 e. The Bertz CT molecular complexity index is 983. The molecule has 1 aliphatic rings. The van der Waals surface area contributed by atoms with E-state index in [1.54, 1.807) is 30.3 Å². The van der Waals surface area contributed by atoms with E-state index in [0.717, 1.165) is 0 Å². The zero-order chi connectivity index (χ0) is 21.2. The minimum absolute atomic E-state index is 0.00368. The predicted octanol–water partition coefficient (Wildman–Crippen LogP) is 4.69. The van der Waals surface area contributed by atoms with Gasteiger partial charge in [-0.2, -0.15) is 0 Å². The molecular formula is C22H22ClNO5. The molecule has 0 atom stereocenters. The summed E-state index contributed by atoms with van der Waals surface area (Å²) in [5, 5.41) is 3.14. The Labute approximate surface area is 174 Å². The first-order valence-corrected chi connectivity index (χ1v) is 9.59. The lowest BCUT2D eigenvalue weighted by Gasteiger charge is -2.31. The Hall–Kier alpha value is -2.86. The Morgan fingerprint density at radius 1 is 1.17 bits per heavy atom. The lowest BCUT2D eigenvalue weighted by atomic mass is 9.93. The van der Waals surface area contributed by atoms with Crippen molar-refractivity contribution in [2.24, 2.45) is 0 Å². The molecule has 0 unspecified atom stereocenters. The van der Waals surface area contributed by atoms with Gasteiger partial charge in [-0.3, -0.25) is 14.4 Å². The van der Waals surface area contributed by atoms with Crippen molar-refractivity contribution in [1.82, 2.24) is 0 Å². The summed E-state index contributed by atoms with van der Waals surface area (Å²) < 4.78 is 11.0. The number of anilines is 1. The highest BCUT2D eigenvalue weighted by molar-refractivity contribution is 6.31. The van der Waals surface area contributed by atoms with Crippen molar-refractivity contribution in [2.75, 3.05) is 12.4 Å². The Kier molecular flexibility index (Phi) is 5.94. The summed E-state index contributed by atoms with van der Waals surface area (Å²) in [6.07, 6.45) is 0.264. The molecule has 1 heterocycles. The van der Waals surface area contributed by atoms with Gasteiger partial charge in [0.1, 0.15) is 17.1 Å². The van der Waals surface area contributed by atoms with E-state index in [4.69, 9.17) is 21.1 Å². The average molecular weight is 416 g/mol. The number of benzene rings is 2. The fourth-order valence-corrected chi connectivity index (χ4v) is 3.39.